The topological polar surface area (TPSA) is 42.0 Å². The average molecular weight is 253 g/mol. The van der Waals surface area contributed by atoms with Crippen molar-refractivity contribution in [2.45, 2.75) is 10.5 Å². The lowest BCUT2D eigenvalue weighted by Gasteiger charge is -2.08. The molecule has 0 aliphatic rings. The molecule has 0 radical (unpaired) electrons. The van der Waals surface area contributed by atoms with Crippen LogP contribution in [0.5, 0.6) is 0 Å². The number of nitrogens with zero attached hydrogens (tertiary/aromatic N) is 1. The molecule has 0 aliphatic carbocycles. The Hall–Kier alpha value is -0.880. The zero-order valence-electron chi connectivity index (χ0n) is 7.63. The summed E-state index contributed by atoms with van der Waals surface area (Å²) in [5.74, 6) is -1.62. The van der Waals surface area contributed by atoms with Gasteiger partial charge in [-0.05, 0) is 6.26 Å². The Balaban J connectivity index is 2.94. The molecule has 1 rings (SSSR count). The summed E-state index contributed by atoms with van der Waals surface area (Å²) < 4.78 is 25.5. The smallest absolute Gasteiger partial charge is 0.274 e. The van der Waals surface area contributed by atoms with Crippen molar-refractivity contribution in [3.63, 3.8) is 0 Å². The van der Waals surface area contributed by atoms with Gasteiger partial charge >= 0.3 is 0 Å². The third-order valence-corrected chi connectivity index (χ3v) is 2.53. The summed E-state index contributed by atoms with van der Waals surface area (Å²) in [5, 5.41) is 2.13. The fourth-order valence-electron chi connectivity index (χ4n) is 0.907. The number of anilines is 1. The van der Waals surface area contributed by atoms with E-state index in [0.717, 1.165) is 18.0 Å². The van der Waals surface area contributed by atoms with Crippen LogP contribution in [0.1, 0.15) is 0 Å². The normalized spacial score (nSPS) is 12.3. The summed E-state index contributed by atoms with van der Waals surface area (Å²) >= 11 is 5.99. The number of pyridine rings is 1. The zero-order valence-corrected chi connectivity index (χ0v) is 9.20. The van der Waals surface area contributed by atoms with E-state index in [1.54, 1.807) is 6.26 Å². The van der Waals surface area contributed by atoms with Crippen molar-refractivity contribution in [2.75, 3.05) is 11.6 Å². The Morgan fingerprint density at radius 2 is 2.33 bits per heavy atom. The molecule has 15 heavy (non-hydrogen) atoms. The van der Waals surface area contributed by atoms with E-state index in [-0.39, 0.29) is 10.6 Å². The minimum atomic E-state index is -2.16. The molecule has 3 nitrogen and oxygen atoms in total. The molecule has 0 saturated heterocycles. The lowest BCUT2D eigenvalue weighted by molar-refractivity contribution is -0.118. The second-order valence-electron chi connectivity index (χ2n) is 2.49. The Labute approximate surface area is 94.2 Å². The molecule has 0 aromatic carbocycles. The molecule has 7 heteroatoms. The number of nitrogens with one attached hydrogen (secondary N) is 1. The number of halogens is 3. The highest BCUT2D eigenvalue weighted by molar-refractivity contribution is 7.98. The first-order valence-electron chi connectivity index (χ1n) is 3.82. The van der Waals surface area contributed by atoms with Gasteiger partial charge in [0.05, 0.1) is 23.0 Å². The minimum absolute atomic E-state index is 0.107. The van der Waals surface area contributed by atoms with Gasteiger partial charge in [0.15, 0.2) is 5.82 Å². The first kappa shape index (κ1) is 12.2. The molecule has 1 aromatic rings. The standard InChI is InChI=1S/C8H7ClF2N2OS/c1-15-6-4(10)2-12-3-5(6)13-8(14)7(9)11/h2-3,7H,1H3,(H,13,14). The van der Waals surface area contributed by atoms with Gasteiger partial charge in [-0.1, -0.05) is 11.6 Å². The number of amides is 1. The van der Waals surface area contributed by atoms with Crippen molar-refractivity contribution < 1.29 is 13.6 Å². The van der Waals surface area contributed by atoms with E-state index in [9.17, 15) is 13.6 Å². The molecular formula is C8H7ClF2N2OS. The minimum Gasteiger partial charge on any atom is -0.320 e. The van der Waals surface area contributed by atoms with Crippen LogP contribution in [-0.4, -0.2) is 22.8 Å². The molecule has 1 aromatic heterocycles. The fourth-order valence-corrected chi connectivity index (χ4v) is 1.53. The quantitative estimate of drug-likeness (QED) is 0.664. The number of rotatable bonds is 3. The fraction of sp³-hybridized carbons (Fsp3) is 0.250. The van der Waals surface area contributed by atoms with Crippen LogP contribution >= 0.6 is 23.4 Å². The average Bonchev–Trinajstić information content (AvgIpc) is 2.18. The summed E-state index contributed by atoms with van der Waals surface area (Å²) in [6.45, 7) is 0. The number of carbonyl (C=O) groups is 1. The number of thioether (sulfide) groups is 1. The zero-order chi connectivity index (χ0) is 11.4. The molecule has 1 heterocycles. The maximum absolute atomic E-state index is 13.1. The Bertz CT molecular complexity index is 376. The predicted octanol–water partition coefficient (Wildman–Crippen LogP) is 2.42. The highest BCUT2D eigenvalue weighted by atomic mass is 35.5. The number of carbonyl (C=O) groups excluding carboxylic acids is 1. The number of aromatic nitrogens is 1. The van der Waals surface area contributed by atoms with E-state index in [2.05, 4.69) is 10.3 Å². The number of alkyl halides is 2. The van der Waals surface area contributed by atoms with Gasteiger partial charge in [0.25, 0.3) is 11.5 Å². The van der Waals surface area contributed by atoms with Crippen LogP contribution in [0.3, 0.4) is 0 Å². The third kappa shape index (κ3) is 3.04. The van der Waals surface area contributed by atoms with Crippen molar-refractivity contribution in [2.24, 2.45) is 0 Å². The first-order chi connectivity index (χ1) is 7.06. The van der Waals surface area contributed by atoms with Gasteiger partial charge < -0.3 is 5.32 Å². The maximum atomic E-state index is 13.1. The molecule has 1 atom stereocenters. The highest BCUT2D eigenvalue weighted by Crippen LogP contribution is 2.27. The summed E-state index contributed by atoms with van der Waals surface area (Å²) in [6, 6.07) is 0. The summed E-state index contributed by atoms with van der Waals surface area (Å²) in [6.07, 6.45) is 3.86. The van der Waals surface area contributed by atoms with E-state index in [0.29, 0.717) is 0 Å². The Morgan fingerprint density at radius 1 is 1.67 bits per heavy atom. The van der Waals surface area contributed by atoms with Crippen LogP contribution in [0, 0.1) is 5.82 Å². The molecule has 1 N–H and O–H groups in total. The molecule has 1 unspecified atom stereocenters. The molecule has 1 amide bonds. The van der Waals surface area contributed by atoms with Gasteiger partial charge in [-0.25, -0.2) is 8.78 Å². The molecule has 0 aliphatic heterocycles. The van der Waals surface area contributed by atoms with Crippen LogP contribution in [0.25, 0.3) is 0 Å². The molecule has 0 fully saturated rings. The molecular weight excluding hydrogens is 246 g/mol. The van der Waals surface area contributed by atoms with E-state index in [4.69, 9.17) is 11.6 Å². The summed E-state index contributed by atoms with van der Waals surface area (Å²) in [7, 11) is 0. The van der Waals surface area contributed by atoms with E-state index in [1.165, 1.54) is 6.20 Å². The largest absolute Gasteiger partial charge is 0.320 e. The number of hydrogen-bond donors (Lipinski definition) is 1. The van der Waals surface area contributed by atoms with Gasteiger partial charge in [-0.15, -0.1) is 11.8 Å². The van der Waals surface area contributed by atoms with E-state index in [1.807, 2.05) is 0 Å². The van der Waals surface area contributed by atoms with Crippen molar-refractivity contribution in [1.29, 1.82) is 0 Å². The van der Waals surface area contributed by atoms with Gasteiger partial charge in [-0.3, -0.25) is 9.78 Å². The molecule has 82 valence electrons. The first-order valence-corrected chi connectivity index (χ1v) is 5.49. The number of hydrogen-bond acceptors (Lipinski definition) is 3. The Morgan fingerprint density at radius 3 is 2.87 bits per heavy atom. The maximum Gasteiger partial charge on any atom is 0.274 e. The van der Waals surface area contributed by atoms with Gasteiger partial charge in [-0.2, -0.15) is 0 Å². The second kappa shape index (κ2) is 5.27. The lowest BCUT2D eigenvalue weighted by atomic mass is 10.4. The molecule has 0 saturated carbocycles. The van der Waals surface area contributed by atoms with Crippen molar-refractivity contribution in [3.05, 3.63) is 18.2 Å². The molecule has 0 spiro atoms. The summed E-state index contributed by atoms with van der Waals surface area (Å²) in [5.41, 5.74) is -2.06. The SMILES string of the molecule is CSc1c(F)cncc1NC(=O)C(F)Cl. The van der Waals surface area contributed by atoms with Gasteiger partial charge in [0.2, 0.25) is 0 Å². The van der Waals surface area contributed by atoms with Crippen molar-refractivity contribution in [1.82, 2.24) is 4.98 Å². The molecule has 0 bridgehead atoms. The third-order valence-electron chi connectivity index (χ3n) is 1.51. The second-order valence-corrected chi connectivity index (χ2v) is 3.69. The van der Waals surface area contributed by atoms with Crippen molar-refractivity contribution >= 4 is 35.0 Å². The van der Waals surface area contributed by atoms with Crippen LogP contribution in [-0.2, 0) is 4.79 Å². The predicted molar refractivity (Wildman–Crippen MR) is 55.4 cm³/mol. The highest BCUT2D eigenvalue weighted by Gasteiger charge is 2.16. The van der Waals surface area contributed by atoms with E-state index >= 15 is 0 Å². The monoisotopic (exact) mass is 252 g/mol. The van der Waals surface area contributed by atoms with Crippen LogP contribution in [0.4, 0.5) is 14.5 Å². The Kier molecular flexibility index (Phi) is 4.28. The van der Waals surface area contributed by atoms with Gasteiger partial charge in [0, 0.05) is 0 Å². The lowest BCUT2D eigenvalue weighted by Crippen LogP contribution is -2.20. The van der Waals surface area contributed by atoms with Crippen LogP contribution < -0.4 is 5.32 Å². The van der Waals surface area contributed by atoms with Crippen molar-refractivity contribution in [3.8, 4) is 0 Å². The van der Waals surface area contributed by atoms with E-state index < -0.39 is 17.4 Å². The summed E-state index contributed by atoms with van der Waals surface area (Å²) in [4.78, 5) is 14.6. The van der Waals surface area contributed by atoms with Gasteiger partial charge in [0.1, 0.15) is 0 Å². The van der Waals surface area contributed by atoms with Crippen LogP contribution in [0.15, 0.2) is 17.3 Å². The van der Waals surface area contributed by atoms with Crippen LogP contribution in [0.2, 0.25) is 0 Å².